The Morgan fingerprint density at radius 1 is 1.31 bits per heavy atom. The summed E-state index contributed by atoms with van der Waals surface area (Å²) in [7, 11) is 0. The molecule has 0 fully saturated rings. The van der Waals surface area contributed by atoms with Crippen molar-refractivity contribution in [2.24, 2.45) is 0 Å². The third-order valence-electron chi connectivity index (χ3n) is 2.04. The zero-order valence-corrected chi connectivity index (χ0v) is 9.05. The maximum atomic E-state index is 5.58. The van der Waals surface area contributed by atoms with Crippen molar-refractivity contribution in [2.75, 3.05) is 5.73 Å². The molecule has 0 unspecified atom stereocenters. The van der Waals surface area contributed by atoms with E-state index in [-0.39, 0.29) is 0 Å². The summed E-state index contributed by atoms with van der Waals surface area (Å²) in [6.07, 6.45) is 6.69. The highest BCUT2D eigenvalue weighted by Crippen LogP contribution is 2.18. The normalized spacial score (nSPS) is 11.0. The second-order valence-corrected chi connectivity index (χ2v) is 4.33. The van der Waals surface area contributed by atoms with Gasteiger partial charge in [0.05, 0.1) is 18.4 Å². The predicted octanol–water partition coefficient (Wildman–Crippen LogP) is 0.913. The lowest BCUT2D eigenvalue weighted by Crippen LogP contribution is -1.99. The van der Waals surface area contributed by atoms with Crippen LogP contribution in [0, 0.1) is 0 Å². The molecule has 0 aliphatic carbocycles. The number of thiazole rings is 1. The van der Waals surface area contributed by atoms with Gasteiger partial charge in [-0.2, -0.15) is 5.10 Å². The first-order chi connectivity index (χ1) is 7.81. The van der Waals surface area contributed by atoms with Gasteiger partial charge in [0.1, 0.15) is 5.01 Å². The lowest BCUT2D eigenvalue weighted by molar-refractivity contribution is 0.684. The fourth-order valence-electron chi connectivity index (χ4n) is 1.39. The first-order valence-corrected chi connectivity index (χ1v) is 5.47. The molecule has 0 bridgehead atoms. The van der Waals surface area contributed by atoms with Gasteiger partial charge in [-0.15, -0.1) is 0 Å². The molecule has 7 heteroatoms. The summed E-state index contributed by atoms with van der Waals surface area (Å²) < 4.78 is 1.74. The highest BCUT2D eigenvalue weighted by Gasteiger charge is 2.06. The second kappa shape index (κ2) is 3.53. The van der Waals surface area contributed by atoms with E-state index in [4.69, 9.17) is 5.73 Å². The Labute approximate surface area is 94.8 Å². The Balaban J connectivity index is 1.95. The zero-order valence-electron chi connectivity index (χ0n) is 8.24. The molecule has 0 aliphatic rings. The van der Waals surface area contributed by atoms with Gasteiger partial charge >= 0.3 is 0 Å². The molecule has 2 N–H and O–H groups in total. The molecule has 3 aromatic rings. The number of nitrogens with two attached hydrogens (primary N) is 1. The zero-order chi connectivity index (χ0) is 11.0. The Bertz CT molecular complexity index is 595. The van der Waals surface area contributed by atoms with Crippen LogP contribution >= 0.6 is 11.3 Å². The lowest BCUT2D eigenvalue weighted by atomic mass is 10.6. The van der Waals surface area contributed by atoms with Crippen LogP contribution in [0.3, 0.4) is 0 Å². The average molecular weight is 232 g/mol. The first kappa shape index (κ1) is 9.22. The number of hydrogen-bond acceptors (Lipinski definition) is 6. The number of hydrogen-bond donors (Lipinski definition) is 1. The molecule has 80 valence electrons. The van der Waals surface area contributed by atoms with E-state index in [9.17, 15) is 0 Å². The Kier molecular flexibility index (Phi) is 2.03. The summed E-state index contributed by atoms with van der Waals surface area (Å²) in [6.45, 7) is 0.597. The van der Waals surface area contributed by atoms with Crippen LogP contribution in [0.2, 0.25) is 0 Å². The van der Waals surface area contributed by atoms with E-state index < -0.39 is 0 Å². The van der Waals surface area contributed by atoms with Crippen LogP contribution in [-0.4, -0.2) is 24.7 Å². The fourth-order valence-corrected chi connectivity index (χ4v) is 2.25. The quantitative estimate of drug-likeness (QED) is 0.710. The van der Waals surface area contributed by atoms with Crippen molar-refractivity contribution in [3.63, 3.8) is 0 Å². The van der Waals surface area contributed by atoms with Gasteiger partial charge in [0, 0.05) is 18.6 Å². The minimum Gasteiger partial charge on any atom is -0.396 e. The second-order valence-electron chi connectivity index (χ2n) is 3.26. The van der Waals surface area contributed by atoms with Crippen molar-refractivity contribution < 1.29 is 0 Å². The molecule has 0 atom stereocenters. The van der Waals surface area contributed by atoms with Crippen LogP contribution in [0.15, 0.2) is 24.8 Å². The van der Waals surface area contributed by atoms with E-state index in [1.807, 2.05) is 0 Å². The lowest BCUT2D eigenvalue weighted by Gasteiger charge is -1.94. The van der Waals surface area contributed by atoms with Gasteiger partial charge < -0.3 is 5.73 Å². The summed E-state index contributed by atoms with van der Waals surface area (Å²) in [5.41, 5.74) is 6.92. The van der Waals surface area contributed by atoms with E-state index in [1.165, 1.54) is 11.3 Å². The molecule has 0 aliphatic heterocycles. The van der Waals surface area contributed by atoms with E-state index in [0.717, 1.165) is 9.84 Å². The predicted molar refractivity (Wildman–Crippen MR) is 61.0 cm³/mol. The molecule has 0 amide bonds. The summed E-state index contributed by atoms with van der Waals surface area (Å²) in [5, 5.41) is 5.02. The van der Waals surface area contributed by atoms with Crippen molar-refractivity contribution in [3.05, 3.63) is 29.8 Å². The Morgan fingerprint density at radius 3 is 2.94 bits per heavy atom. The standard InChI is InChI=1S/C9H8N6S/c10-6-3-13-15(4-6)5-7-14-8-9(16-7)12-2-1-11-8/h1-4H,5,10H2. The molecule has 16 heavy (non-hydrogen) atoms. The molecule has 3 heterocycles. The van der Waals surface area contributed by atoms with Gasteiger partial charge in [-0.3, -0.25) is 4.68 Å². The highest BCUT2D eigenvalue weighted by molar-refractivity contribution is 7.18. The van der Waals surface area contributed by atoms with E-state index >= 15 is 0 Å². The molecule has 0 aromatic carbocycles. The molecule has 0 saturated heterocycles. The largest absolute Gasteiger partial charge is 0.396 e. The van der Waals surface area contributed by atoms with Crippen LogP contribution in [0.1, 0.15) is 5.01 Å². The number of anilines is 1. The maximum Gasteiger partial charge on any atom is 0.189 e. The first-order valence-electron chi connectivity index (χ1n) is 4.65. The fraction of sp³-hybridized carbons (Fsp3) is 0.111. The maximum absolute atomic E-state index is 5.58. The van der Waals surface area contributed by atoms with Gasteiger partial charge in [-0.25, -0.2) is 15.0 Å². The van der Waals surface area contributed by atoms with E-state index in [0.29, 0.717) is 17.9 Å². The Morgan fingerprint density at radius 2 is 2.19 bits per heavy atom. The Hall–Kier alpha value is -2.02. The number of nitrogens with zero attached hydrogens (tertiary/aromatic N) is 5. The number of nitrogen functional groups attached to an aromatic ring is 1. The van der Waals surface area contributed by atoms with Crippen LogP contribution in [0.5, 0.6) is 0 Å². The molecular weight excluding hydrogens is 224 g/mol. The van der Waals surface area contributed by atoms with Gasteiger partial charge in [-0.05, 0) is 0 Å². The van der Waals surface area contributed by atoms with Gasteiger partial charge in [0.15, 0.2) is 10.5 Å². The SMILES string of the molecule is Nc1cnn(Cc2nc3nccnc3s2)c1. The minimum atomic E-state index is 0.597. The van der Waals surface area contributed by atoms with E-state index in [2.05, 4.69) is 20.1 Å². The van der Waals surface area contributed by atoms with Crippen LogP contribution in [-0.2, 0) is 6.54 Å². The van der Waals surface area contributed by atoms with Crippen molar-refractivity contribution >= 4 is 27.5 Å². The van der Waals surface area contributed by atoms with Crippen molar-refractivity contribution in [1.82, 2.24) is 24.7 Å². The third-order valence-corrected chi connectivity index (χ3v) is 2.98. The monoisotopic (exact) mass is 232 g/mol. The number of aromatic nitrogens is 5. The topological polar surface area (TPSA) is 82.5 Å². The molecular formula is C9H8N6S. The van der Waals surface area contributed by atoms with Crippen molar-refractivity contribution in [1.29, 1.82) is 0 Å². The van der Waals surface area contributed by atoms with E-state index in [1.54, 1.807) is 29.5 Å². The van der Waals surface area contributed by atoms with Crippen LogP contribution in [0.4, 0.5) is 5.69 Å². The average Bonchev–Trinajstić information content (AvgIpc) is 2.84. The third kappa shape index (κ3) is 1.61. The van der Waals surface area contributed by atoms with Crippen molar-refractivity contribution in [3.8, 4) is 0 Å². The summed E-state index contributed by atoms with van der Waals surface area (Å²) >= 11 is 1.51. The minimum absolute atomic E-state index is 0.597. The van der Waals surface area contributed by atoms with Gasteiger partial charge in [-0.1, -0.05) is 11.3 Å². The summed E-state index contributed by atoms with van der Waals surface area (Å²) in [4.78, 5) is 13.5. The van der Waals surface area contributed by atoms with Gasteiger partial charge in [0.25, 0.3) is 0 Å². The molecule has 0 spiro atoms. The molecule has 0 radical (unpaired) electrons. The van der Waals surface area contributed by atoms with Crippen molar-refractivity contribution in [2.45, 2.75) is 6.54 Å². The summed E-state index contributed by atoms with van der Waals surface area (Å²) in [6, 6.07) is 0. The van der Waals surface area contributed by atoms with Crippen LogP contribution < -0.4 is 5.73 Å². The van der Waals surface area contributed by atoms with Gasteiger partial charge in [0.2, 0.25) is 0 Å². The smallest absolute Gasteiger partial charge is 0.189 e. The molecule has 3 aromatic heterocycles. The number of rotatable bonds is 2. The summed E-state index contributed by atoms with van der Waals surface area (Å²) in [5.74, 6) is 0. The molecule has 3 rings (SSSR count). The van der Waals surface area contributed by atoms with Crippen LogP contribution in [0.25, 0.3) is 10.5 Å². The molecule has 6 nitrogen and oxygen atoms in total. The number of fused-ring (bicyclic) bond motifs is 1. The molecule has 0 saturated carbocycles. The highest BCUT2D eigenvalue weighted by atomic mass is 32.1.